The van der Waals surface area contributed by atoms with Gasteiger partial charge in [0.05, 0.1) is 18.2 Å². The summed E-state index contributed by atoms with van der Waals surface area (Å²) >= 11 is 17.5. The number of Topliss-reactive ketones (excluding diaryl/α,β-unsaturated/α-hetero) is 1. The van der Waals surface area contributed by atoms with Gasteiger partial charge in [-0.05, 0) is 42.8 Å². The smallest absolute Gasteiger partial charge is 0.379 e. The Balaban J connectivity index is 2.61. The fraction of sp³-hybridized carbons (Fsp3) is 0.353. The zero-order valence-corrected chi connectivity index (χ0v) is 16.3. The minimum Gasteiger partial charge on any atom is -0.460 e. The molecule has 8 heteroatoms. The molecular formula is C17H18Cl2N2O3S. The summed E-state index contributed by atoms with van der Waals surface area (Å²) in [6.07, 6.45) is 0. The quantitative estimate of drug-likeness (QED) is 0.447. The Morgan fingerprint density at radius 2 is 2.00 bits per heavy atom. The van der Waals surface area contributed by atoms with Crippen molar-refractivity contribution in [3.63, 3.8) is 0 Å². The molecule has 25 heavy (non-hydrogen) atoms. The predicted octanol–water partition coefficient (Wildman–Crippen LogP) is 3.55. The fourth-order valence-corrected chi connectivity index (χ4v) is 3.31. The molecule has 0 bridgehead atoms. The molecule has 1 aliphatic rings. The number of ketones is 1. The van der Waals surface area contributed by atoms with Crippen LogP contribution in [-0.2, 0) is 14.3 Å². The molecule has 0 saturated carbocycles. The van der Waals surface area contributed by atoms with Gasteiger partial charge >= 0.3 is 5.97 Å². The Morgan fingerprint density at radius 3 is 2.56 bits per heavy atom. The van der Waals surface area contributed by atoms with Gasteiger partial charge in [-0.1, -0.05) is 43.1 Å². The second-order valence-corrected chi connectivity index (χ2v) is 6.98. The maximum atomic E-state index is 12.7. The van der Waals surface area contributed by atoms with E-state index in [1.165, 1.54) is 0 Å². The van der Waals surface area contributed by atoms with Crippen molar-refractivity contribution in [2.75, 3.05) is 6.61 Å². The molecule has 0 radical (unpaired) electrons. The number of carbonyl (C=O) groups is 2. The lowest BCUT2D eigenvalue weighted by Gasteiger charge is -2.33. The zero-order valence-electron chi connectivity index (χ0n) is 14.0. The third-order valence-corrected chi connectivity index (χ3v) is 4.44. The fourth-order valence-electron chi connectivity index (χ4n) is 2.57. The molecule has 0 aromatic heterocycles. The Bertz CT molecular complexity index is 762. The molecule has 0 unspecified atom stereocenters. The first-order chi connectivity index (χ1) is 11.8. The molecule has 0 amide bonds. The van der Waals surface area contributed by atoms with E-state index >= 15 is 0 Å². The average Bonchev–Trinajstić information content (AvgIpc) is 2.53. The molecule has 1 aliphatic heterocycles. The molecule has 1 aromatic carbocycles. The number of thiocarbonyl (C=S) groups is 1. The van der Waals surface area contributed by atoms with E-state index in [2.05, 4.69) is 10.6 Å². The van der Waals surface area contributed by atoms with Gasteiger partial charge in [0.15, 0.2) is 5.11 Å². The monoisotopic (exact) mass is 400 g/mol. The lowest BCUT2D eigenvalue weighted by molar-refractivity contribution is -0.152. The van der Waals surface area contributed by atoms with Gasteiger partial charge in [-0.25, -0.2) is 4.79 Å². The summed E-state index contributed by atoms with van der Waals surface area (Å²) in [5.74, 6) is -1.71. The minimum absolute atomic E-state index is 0.0676. The lowest BCUT2D eigenvalue weighted by Crippen LogP contribution is -2.47. The van der Waals surface area contributed by atoms with Crippen LogP contribution in [0.15, 0.2) is 29.5 Å². The van der Waals surface area contributed by atoms with Crippen molar-refractivity contribution in [3.05, 3.63) is 45.1 Å². The van der Waals surface area contributed by atoms with Gasteiger partial charge in [0.25, 0.3) is 5.78 Å². The topological polar surface area (TPSA) is 67.4 Å². The van der Waals surface area contributed by atoms with E-state index in [0.29, 0.717) is 26.4 Å². The Labute approximate surface area is 161 Å². The molecule has 1 heterocycles. The van der Waals surface area contributed by atoms with Gasteiger partial charge in [0.2, 0.25) is 0 Å². The summed E-state index contributed by atoms with van der Waals surface area (Å²) in [6, 6.07) is 4.27. The first-order valence-electron chi connectivity index (χ1n) is 7.74. The molecule has 134 valence electrons. The van der Waals surface area contributed by atoms with Crippen LogP contribution in [0.5, 0.6) is 0 Å². The van der Waals surface area contributed by atoms with Crippen LogP contribution in [0.4, 0.5) is 0 Å². The molecule has 5 nitrogen and oxygen atoms in total. The molecule has 0 saturated heterocycles. The van der Waals surface area contributed by atoms with Crippen LogP contribution in [0.25, 0.3) is 0 Å². The van der Waals surface area contributed by atoms with Crippen LogP contribution in [0.1, 0.15) is 32.4 Å². The van der Waals surface area contributed by atoms with Crippen molar-refractivity contribution in [1.29, 1.82) is 0 Å². The summed E-state index contributed by atoms with van der Waals surface area (Å²) in [5.41, 5.74) is 1.41. The van der Waals surface area contributed by atoms with Gasteiger partial charge in [-0.2, -0.15) is 0 Å². The second kappa shape index (κ2) is 8.17. The Morgan fingerprint density at radius 1 is 1.32 bits per heavy atom. The lowest BCUT2D eigenvalue weighted by atomic mass is 9.89. The van der Waals surface area contributed by atoms with Crippen LogP contribution in [-0.4, -0.2) is 23.5 Å². The number of nitrogens with one attached hydrogen (secondary N) is 2. The third kappa shape index (κ3) is 4.32. The number of benzene rings is 1. The van der Waals surface area contributed by atoms with Gasteiger partial charge in [-0.3, -0.25) is 4.79 Å². The van der Waals surface area contributed by atoms with Crippen LogP contribution in [0.2, 0.25) is 10.0 Å². The van der Waals surface area contributed by atoms with Crippen molar-refractivity contribution in [2.45, 2.75) is 26.8 Å². The highest BCUT2D eigenvalue weighted by Crippen LogP contribution is 2.35. The number of carbonyl (C=O) groups excluding carboxylic acids is 2. The molecule has 1 aromatic rings. The van der Waals surface area contributed by atoms with Crippen molar-refractivity contribution < 1.29 is 14.3 Å². The predicted molar refractivity (Wildman–Crippen MR) is 102 cm³/mol. The summed E-state index contributed by atoms with van der Waals surface area (Å²) in [6.45, 7) is 5.55. The van der Waals surface area contributed by atoms with Crippen molar-refractivity contribution >= 4 is 52.3 Å². The molecule has 2 rings (SSSR count). The van der Waals surface area contributed by atoms with Crippen LogP contribution in [0, 0.1) is 5.92 Å². The Hall–Kier alpha value is -1.63. The Kier molecular flexibility index (Phi) is 6.43. The van der Waals surface area contributed by atoms with Crippen LogP contribution < -0.4 is 10.6 Å². The van der Waals surface area contributed by atoms with E-state index in [4.69, 9.17) is 40.2 Å². The molecular weight excluding hydrogens is 383 g/mol. The normalized spacial score (nSPS) is 17.2. The SMILES string of the molecule is CCOC(=O)C(=O)C1=C(C(C)C)NC(=S)N[C@@H]1c1ccc(Cl)cc1Cl. The molecule has 1 atom stereocenters. The van der Waals surface area contributed by atoms with Gasteiger partial charge in [0.1, 0.15) is 0 Å². The van der Waals surface area contributed by atoms with Crippen LogP contribution >= 0.6 is 35.4 Å². The minimum atomic E-state index is -0.915. The summed E-state index contributed by atoms with van der Waals surface area (Å²) in [7, 11) is 0. The molecule has 0 fully saturated rings. The molecule has 0 spiro atoms. The van der Waals surface area contributed by atoms with E-state index in [1.807, 2.05) is 13.8 Å². The maximum Gasteiger partial charge on any atom is 0.379 e. The summed E-state index contributed by atoms with van der Waals surface area (Å²) in [5, 5.41) is 7.17. The first kappa shape index (κ1) is 19.7. The number of hydrogen-bond donors (Lipinski definition) is 2. The standard InChI is InChI=1S/C17H18Cl2N2O3S/c1-4-24-16(23)15(22)12-13(8(2)3)20-17(25)21-14(12)10-6-5-9(18)7-11(10)19/h5-8,14H,4H2,1-3H3,(H2,20,21,25)/t14-/m1/s1. The highest BCUT2D eigenvalue weighted by Gasteiger charge is 2.36. The summed E-state index contributed by atoms with van der Waals surface area (Å²) in [4.78, 5) is 24.8. The van der Waals surface area contributed by atoms with E-state index in [-0.39, 0.29) is 18.1 Å². The number of hydrogen-bond acceptors (Lipinski definition) is 4. The average molecular weight is 401 g/mol. The first-order valence-corrected chi connectivity index (χ1v) is 8.90. The van der Waals surface area contributed by atoms with Crippen molar-refractivity contribution in [2.24, 2.45) is 5.92 Å². The number of rotatable bonds is 5. The molecule has 2 N–H and O–H groups in total. The van der Waals surface area contributed by atoms with E-state index in [0.717, 1.165) is 0 Å². The number of ether oxygens (including phenoxy) is 1. The maximum absolute atomic E-state index is 12.7. The van der Waals surface area contributed by atoms with Crippen LogP contribution in [0.3, 0.4) is 0 Å². The largest absolute Gasteiger partial charge is 0.460 e. The van der Waals surface area contributed by atoms with Gasteiger partial charge in [0, 0.05) is 15.7 Å². The van der Waals surface area contributed by atoms with E-state index in [9.17, 15) is 9.59 Å². The number of halogens is 2. The number of allylic oxidation sites excluding steroid dienone is 1. The van der Waals surface area contributed by atoms with Gasteiger partial charge < -0.3 is 15.4 Å². The molecule has 0 aliphatic carbocycles. The summed E-state index contributed by atoms with van der Waals surface area (Å²) < 4.78 is 4.88. The number of esters is 1. The van der Waals surface area contributed by atoms with Crippen molar-refractivity contribution in [1.82, 2.24) is 10.6 Å². The second-order valence-electron chi connectivity index (χ2n) is 5.73. The van der Waals surface area contributed by atoms with E-state index < -0.39 is 17.8 Å². The third-order valence-electron chi connectivity index (χ3n) is 3.66. The highest BCUT2D eigenvalue weighted by atomic mass is 35.5. The zero-order chi connectivity index (χ0) is 18.7. The van der Waals surface area contributed by atoms with E-state index in [1.54, 1.807) is 25.1 Å². The van der Waals surface area contributed by atoms with Crippen molar-refractivity contribution in [3.8, 4) is 0 Å². The highest BCUT2D eigenvalue weighted by molar-refractivity contribution is 7.80. The van der Waals surface area contributed by atoms with Gasteiger partial charge in [-0.15, -0.1) is 0 Å².